The zero-order valence-electron chi connectivity index (χ0n) is 12.4. The van der Waals surface area contributed by atoms with Crippen LogP contribution >= 0.6 is 0 Å². The van der Waals surface area contributed by atoms with Gasteiger partial charge >= 0.3 is 0 Å². The quantitative estimate of drug-likeness (QED) is 0.864. The number of benzene rings is 1. The van der Waals surface area contributed by atoms with Gasteiger partial charge in [-0.05, 0) is 44.9 Å². The summed E-state index contributed by atoms with van der Waals surface area (Å²) in [4.78, 5) is 11.8. The van der Waals surface area contributed by atoms with Crippen LogP contribution in [-0.2, 0) is 4.79 Å². The van der Waals surface area contributed by atoms with Crippen LogP contribution in [0.2, 0.25) is 0 Å². The van der Waals surface area contributed by atoms with Crippen molar-refractivity contribution in [3.8, 4) is 5.75 Å². The Bertz CT molecular complexity index is 454. The molecule has 1 saturated heterocycles. The van der Waals surface area contributed by atoms with Gasteiger partial charge in [0.2, 0.25) is 5.91 Å². The monoisotopic (exact) mass is 276 g/mol. The number of rotatable bonds is 5. The maximum absolute atomic E-state index is 11.8. The van der Waals surface area contributed by atoms with Crippen LogP contribution in [-0.4, -0.2) is 31.6 Å². The summed E-state index contributed by atoms with van der Waals surface area (Å²) < 4.78 is 5.68. The largest absolute Gasteiger partial charge is 0.493 e. The van der Waals surface area contributed by atoms with Crippen molar-refractivity contribution in [2.45, 2.75) is 39.2 Å². The van der Waals surface area contributed by atoms with E-state index in [1.807, 2.05) is 19.1 Å². The molecule has 1 heterocycles. The lowest BCUT2D eigenvalue weighted by atomic mass is 10.1. The van der Waals surface area contributed by atoms with E-state index in [0.717, 1.165) is 37.2 Å². The molecule has 2 rings (SSSR count). The zero-order valence-corrected chi connectivity index (χ0v) is 12.4. The Labute approximate surface area is 120 Å². The zero-order chi connectivity index (χ0) is 14.4. The second-order valence-electron chi connectivity index (χ2n) is 5.48. The summed E-state index contributed by atoms with van der Waals surface area (Å²) in [6.07, 6.45) is 2.60. The van der Waals surface area contributed by atoms with Gasteiger partial charge in [-0.2, -0.15) is 0 Å². The van der Waals surface area contributed by atoms with Gasteiger partial charge in [0, 0.05) is 12.6 Å². The number of hydrogen-bond acceptors (Lipinski definition) is 3. The van der Waals surface area contributed by atoms with Crippen LogP contribution in [0.15, 0.2) is 18.2 Å². The molecule has 1 atom stereocenters. The van der Waals surface area contributed by atoms with Crippen LogP contribution in [0.3, 0.4) is 0 Å². The number of carbonyl (C=O) groups is 1. The highest BCUT2D eigenvalue weighted by Gasteiger charge is 2.15. The first-order valence-electron chi connectivity index (χ1n) is 7.35. The van der Waals surface area contributed by atoms with Crippen LogP contribution in [0.1, 0.15) is 30.4 Å². The average molecular weight is 276 g/mol. The molecule has 0 aliphatic carbocycles. The maximum atomic E-state index is 11.8. The van der Waals surface area contributed by atoms with Crippen molar-refractivity contribution in [1.29, 1.82) is 0 Å². The maximum Gasteiger partial charge on any atom is 0.223 e. The minimum Gasteiger partial charge on any atom is -0.493 e. The second-order valence-corrected chi connectivity index (χ2v) is 5.48. The normalized spacial score (nSPS) is 18.6. The molecule has 1 aromatic carbocycles. The minimum absolute atomic E-state index is 0.0727. The Morgan fingerprint density at radius 3 is 3.00 bits per heavy atom. The molecule has 0 bridgehead atoms. The highest BCUT2D eigenvalue weighted by atomic mass is 16.5. The summed E-state index contributed by atoms with van der Waals surface area (Å²) in [7, 11) is 0. The fourth-order valence-electron chi connectivity index (χ4n) is 2.49. The first-order valence-corrected chi connectivity index (χ1v) is 7.35. The lowest BCUT2D eigenvalue weighted by molar-refractivity contribution is -0.122. The molecule has 0 saturated carbocycles. The average Bonchev–Trinajstić information content (AvgIpc) is 2.42. The fraction of sp³-hybridized carbons (Fsp3) is 0.562. The van der Waals surface area contributed by atoms with Crippen LogP contribution < -0.4 is 15.4 Å². The summed E-state index contributed by atoms with van der Waals surface area (Å²) >= 11 is 0. The number of piperidine rings is 1. The molecule has 20 heavy (non-hydrogen) atoms. The summed E-state index contributed by atoms with van der Waals surface area (Å²) in [6, 6.07) is 6.35. The summed E-state index contributed by atoms with van der Waals surface area (Å²) in [6.45, 7) is 6.44. The first-order chi connectivity index (χ1) is 9.65. The Morgan fingerprint density at radius 2 is 2.30 bits per heavy atom. The molecular formula is C16H24N2O2. The van der Waals surface area contributed by atoms with E-state index in [4.69, 9.17) is 4.74 Å². The molecule has 1 aromatic rings. The van der Waals surface area contributed by atoms with Crippen LogP contribution in [0.5, 0.6) is 5.75 Å². The summed E-state index contributed by atoms with van der Waals surface area (Å²) in [5, 5.41) is 6.34. The summed E-state index contributed by atoms with van der Waals surface area (Å²) in [5.74, 6) is 0.936. The van der Waals surface area contributed by atoms with Crippen LogP contribution in [0.4, 0.5) is 0 Å². The number of aryl methyl sites for hydroxylation is 2. The minimum atomic E-state index is 0.0727. The van der Waals surface area contributed by atoms with E-state index in [1.54, 1.807) is 0 Å². The van der Waals surface area contributed by atoms with E-state index in [1.165, 1.54) is 5.56 Å². The van der Waals surface area contributed by atoms with Crippen LogP contribution in [0.25, 0.3) is 0 Å². The van der Waals surface area contributed by atoms with Gasteiger partial charge in [-0.1, -0.05) is 17.7 Å². The van der Waals surface area contributed by atoms with Gasteiger partial charge < -0.3 is 15.4 Å². The lowest BCUT2D eigenvalue weighted by Gasteiger charge is -2.23. The van der Waals surface area contributed by atoms with Gasteiger partial charge in [0.15, 0.2) is 0 Å². The van der Waals surface area contributed by atoms with Gasteiger partial charge in [-0.15, -0.1) is 0 Å². The first kappa shape index (κ1) is 14.9. The molecule has 4 nitrogen and oxygen atoms in total. The van der Waals surface area contributed by atoms with Crippen molar-refractivity contribution in [1.82, 2.24) is 10.6 Å². The lowest BCUT2D eigenvalue weighted by Crippen LogP contribution is -2.45. The third kappa shape index (κ3) is 4.53. The van der Waals surface area contributed by atoms with E-state index in [9.17, 15) is 4.79 Å². The standard InChI is InChI=1S/C16H24N2O2/c1-12-5-6-15(13(2)10-12)20-9-7-16(19)18-14-4-3-8-17-11-14/h5-6,10,14,17H,3-4,7-9,11H2,1-2H3,(H,18,19). The molecule has 2 N–H and O–H groups in total. The topological polar surface area (TPSA) is 50.4 Å². The van der Waals surface area contributed by atoms with E-state index >= 15 is 0 Å². The molecule has 1 amide bonds. The summed E-state index contributed by atoms with van der Waals surface area (Å²) in [5.41, 5.74) is 2.33. The van der Waals surface area contributed by atoms with Crippen LogP contribution in [0, 0.1) is 13.8 Å². The Balaban J connectivity index is 1.70. The smallest absolute Gasteiger partial charge is 0.223 e. The Morgan fingerprint density at radius 1 is 1.45 bits per heavy atom. The molecular weight excluding hydrogens is 252 g/mol. The Kier molecular flexibility index (Phi) is 5.41. The molecule has 1 aliphatic heterocycles. The van der Waals surface area contributed by atoms with E-state index in [-0.39, 0.29) is 11.9 Å². The Hall–Kier alpha value is -1.55. The number of nitrogens with one attached hydrogen (secondary N) is 2. The van der Waals surface area contributed by atoms with E-state index < -0.39 is 0 Å². The predicted octanol–water partition coefficient (Wildman–Crippen LogP) is 1.94. The van der Waals surface area contributed by atoms with Crippen molar-refractivity contribution >= 4 is 5.91 Å². The van der Waals surface area contributed by atoms with Gasteiger partial charge in [0.25, 0.3) is 0 Å². The molecule has 0 spiro atoms. The van der Waals surface area contributed by atoms with Crippen molar-refractivity contribution in [3.63, 3.8) is 0 Å². The second kappa shape index (κ2) is 7.29. The predicted molar refractivity (Wildman–Crippen MR) is 80.1 cm³/mol. The molecule has 0 radical (unpaired) electrons. The number of carbonyl (C=O) groups excluding carboxylic acids is 1. The van der Waals surface area contributed by atoms with Crippen molar-refractivity contribution < 1.29 is 9.53 Å². The molecule has 4 heteroatoms. The third-order valence-corrected chi connectivity index (χ3v) is 3.58. The van der Waals surface area contributed by atoms with Gasteiger partial charge in [-0.25, -0.2) is 0 Å². The van der Waals surface area contributed by atoms with Crippen molar-refractivity contribution in [2.24, 2.45) is 0 Å². The molecule has 1 aliphatic rings. The molecule has 1 unspecified atom stereocenters. The number of ether oxygens (including phenoxy) is 1. The molecule has 110 valence electrons. The highest BCUT2D eigenvalue weighted by molar-refractivity contribution is 5.76. The van der Waals surface area contributed by atoms with E-state index in [2.05, 4.69) is 23.6 Å². The highest BCUT2D eigenvalue weighted by Crippen LogP contribution is 2.18. The fourth-order valence-corrected chi connectivity index (χ4v) is 2.49. The number of amides is 1. The van der Waals surface area contributed by atoms with Gasteiger partial charge in [0.1, 0.15) is 5.75 Å². The molecule has 1 fully saturated rings. The van der Waals surface area contributed by atoms with Crippen molar-refractivity contribution in [3.05, 3.63) is 29.3 Å². The van der Waals surface area contributed by atoms with Crippen molar-refractivity contribution in [2.75, 3.05) is 19.7 Å². The SMILES string of the molecule is Cc1ccc(OCCC(=O)NC2CCCNC2)c(C)c1. The van der Waals surface area contributed by atoms with Gasteiger partial charge in [0.05, 0.1) is 13.0 Å². The third-order valence-electron chi connectivity index (χ3n) is 3.58. The van der Waals surface area contributed by atoms with Gasteiger partial charge in [-0.3, -0.25) is 4.79 Å². The molecule has 0 aromatic heterocycles. The van der Waals surface area contributed by atoms with E-state index in [0.29, 0.717) is 13.0 Å². The number of hydrogen-bond donors (Lipinski definition) is 2.